The first kappa shape index (κ1) is 19.4. The van der Waals surface area contributed by atoms with Gasteiger partial charge in [0.25, 0.3) is 0 Å². The van der Waals surface area contributed by atoms with E-state index in [1.807, 2.05) is 0 Å². The van der Waals surface area contributed by atoms with Gasteiger partial charge in [0.05, 0.1) is 12.1 Å². The van der Waals surface area contributed by atoms with Gasteiger partial charge in [-0.3, -0.25) is 9.59 Å². The number of rotatable bonds is 6. The van der Waals surface area contributed by atoms with E-state index in [9.17, 15) is 18.4 Å². The standard InChI is InChI=1S/C19H21F2N3O2/c1-12(19(26)23-17-11-14(20)6-9-16(17)21)22-15-7-4-13(5-8-15)10-18(25)24(2)3/h4-9,11-12,22H,10H2,1-3H3,(H,23,26). The monoisotopic (exact) mass is 361 g/mol. The lowest BCUT2D eigenvalue weighted by Gasteiger charge is -2.16. The minimum absolute atomic E-state index is 0.00410. The van der Waals surface area contributed by atoms with Crippen molar-refractivity contribution in [1.82, 2.24) is 4.90 Å². The van der Waals surface area contributed by atoms with E-state index in [1.165, 1.54) is 4.90 Å². The second-order valence-electron chi connectivity index (χ2n) is 6.14. The van der Waals surface area contributed by atoms with Crippen LogP contribution in [0.5, 0.6) is 0 Å². The fourth-order valence-electron chi connectivity index (χ4n) is 2.20. The van der Waals surface area contributed by atoms with Gasteiger partial charge in [-0.25, -0.2) is 8.78 Å². The zero-order chi connectivity index (χ0) is 19.3. The lowest BCUT2D eigenvalue weighted by molar-refractivity contribution is -0.128. The molecule has 0 radical (unpaired) electrons. The number of halogens is 2. The maximum Gasteiger partial charge on any atom is 0.246 e. The third kappa shape index (κ3) is 5.27. The van der Waals surface area contributed by atoms with E-state index < -0.39 is 23.6 Å². The zero-order valence-corrected chi connectivity index (χ0v) is 14.8. The van der Waals surface area contributed by atoms with Crippen LogP contribution in [0.2, 0.25) is 0 Å². The van der Waals surface area contributed by atoms with Gasteiger partial charge in [-0.1, -0.05) is 12.1 Å². The summed E-state index contributed by atoms with van der Waals surface area (Å²) in [6, 6.07) is 9.28. The molecule has 26 heavy (non-hydrogen) atoms. The highest BCUT2D eigenvalue weighted by Gasteiger charge is 2.15. The number of carbonyl (C=O) groups is 2. The number of hydrogen-bond donors (Lipinski definition) is 2. The molecule has 0 spiro atoms. The smallest absolute Gasteiger partial charge is 0.246 e. The topological polar surface area (TPSA) is 61.4 Å². The zero-order valence-electron chi connectivity index (χ0n) is 14.8. The number of anilines is 2. The van der Waals surface area contributed by atoms with Crippen molar-refractivity contribution in [3.63, 3.8) is 0 Å². The summed E-state index contributed by atoms with van der Waals surface area (Å²) in [6.07, 6.45) is 0.294. The number of nitrogens with zero attached hydrogens (tertiary/aromatic N) is 1. The van der Waals surface area contributed by atoms with Crippen LogP contribution in [0.4, 0.5) is 20.2 Å². The van der Waals surface area contributed by atoms with E-state index >= 15 is 0 Å². The molecule has 138 valence electrons. The molecule has 0 saturated heterocycles. The fraction of sp³-hybridized carbons (Fsp3) is 0.263. The van der Waals surface area contributed by atoms with Gasteiger partial charge in [0, 0.05) is 25.8 Å². The van der Waals surface area contributed by atoms with Crippen LogP contribution in [-0.4, -0.2) is 36.9 Å². The Labute approximate surface area is 151 Å². The van der Waals surface area contributed by atoms with Crippen LogP contribution in [0.25, 0.3) is 0 Å². The molecule has 1 unspecified atom stereocenters. The van der Waals surface area contributed by atoms with Gasteiger partial charge in [0.2, 0.25) is 11.8 Å². The van der Waals surface area contributed by atoms with Crippen molar-refractivity contribution in [2.45, 2.75) is 19.4 Å². The van der Waals surface area contributed by atoms with Gasteiger partial charge in [0.15, 0.2) is 0 Å². The molecule has 1 atom stereocenters. The van der Waals surface area contributed by atoms with Crippen molar-refractivity contribution in [3.8, 4) is 0 Å². The molecule has 2 aromatic carbocycles. The molecule has 2 rings (SSSR count). The van der Waals surface area contributed by atoms with Crippen LogP contribution in [-0.2, 0) is 16.0 Å². The maximum atomic E-state index is 13.6. The van der Waals surface area contributed by atoms with Gasteiger partial charge in [0.1, 0.15) is 17.7 Å². The minimum atomic E-state index is -0.707. The van der Waals surface area contributed by atoms with E-state index in [2.05, 4.69) is 10.6 Å². The second-order valence-corrected chi connectivity index (χ2v) is 6.14. The summed E-state index contributed by atoms with van der Waals surface area (Å²) >= 11 is 0. The molecular formula is C19H21F2N3O2. The average molecular weight is 361 g/mol. The van der Waals surface area contributed by atoms with Crippen molar-refractivity contribution < 1.29 is 18.4 Å². The highest BCUT2D eigenvalue weighted by atomic mass is 19.1. The molecule has 5 nitrogen and oxygen atoms in total. The lowest BCUT2D eigenvalue weighted by atomic mass is 10.1. The molecular weight excluding hydrogens is 340 g/mol. The largest absolute Gasteiger partial charge is 0.374 e. The van der Waals surface area contributed by atoms with Gasteiger partial charge >= 0.3 is 0 Å². The number of amides is 2. The highest BCUT2D eigenvalue weighted by Crippen LogP contribution is 2.17. The second kappa shape index (κ2) is 8.42. The van der Waals surface area contributed by atoms with Crippen LogP contribution in [0.3, 0.4) is 0 Å². The molecule has 0 heterocycles. The Morgan fingerprint density at radius 2 is 1.73 bits per heavy atom. The SMILES string of the molecule is CC(Nc1ccc(CC(=O)N(C)C)cc1)C(=O)Nc1cc(F)ccc1F. The van der Waals surface area contributed by atoms with Crippen molar-refractivity contribution in [2.24, 2.45) is 0 Å². The highest BCUT2D eigenvalue weighted by molar-refractivity contribution is 5.96. The lowest BCUT2D eigenvalue weighted by Crippen LogP contribution is -2.32. The van der Waals surface area contributed by atoms with Gasteiger partial charge in [-0.15, -0.1) is 0 Å². The van der Waals surface area contributed by atoms with Gasteiger partial charge in [-0.2, -0.15) is 0 Å². The molecule has 0 bridgehead atoms. The minimum Gasteiger partial charge on any atom is -0.374 e. The predicted octanol–water partition coefficient (Wildman–Crippen LogP) is 3.03. The molecule has 0 fully saturated rings. The number of hydrogen-bond acceptors (Lipinski definition) is 3. The molecule has 0 saturated carbocycles. The van der Waals surface area contributed by atoms with Gasteiger partial charge in [-0.05, 0) is 36.8 Å². The summed E-state index contributed by atoms with van der Waals surface area (Å²) in [5.41, 5.74) is 1.32. The number of nitrogens with one attached hydrogen (secondary N) is 2. The first-order valence-electron chi connectivity index (χ1n) is 8.08. The van der Waals surface area contributed by atoms with E-state index in [-0.39, 0.29) is 11.6 Å². The van der Waals surface area contributed by atoms with Crippen LogP contribution in [0, 0.1) is 11.6 Å². The molecule has 2 aromatic rings. The molecule has 0 aliphatic rings. The first-order chi connectivity index (χ1) is 12.3. The van der Waals surface area contributed by atoms with Crippen LogP contribution in [0.1, 0.15) is 12.5 Å². The number of likely N-dealkylation sites (N-methyl/N-ethyl adjacent to an activating group) is 1. The summed E-state index contributed by atoms with van der Waals surface area (Å²) in [6.45, 7) is 1.61. The molecule has 7 heteroatoms. The Morgan fingerprint density at radius 3 is 2.35 bits per heavy atom. The summed E-state index contributed by atoms with van der Waals surface area (Å²) < 4.78 is 26.8. The van der Waals surface area contributed by atoms with E-state index in [0.29, 0.717) is 12.1 Å². The summed E-state index contributed by atoms with van der Waals surface area (Å²) in [5.74, 6) is -1.84. The third-order valence-electron chi connectivity index (χ3n) is 3.77. The molecule has 2 amide bonds. The van der Waals surface area contributed by atoms with E-state index in [0.717, 1.165) is 23.8 Å². The Balaban J connectivity index is 1.96. The van der Waals surface area contributed by atoms with Gasteiger partial charge < -0.3 is 15.5 Å². The van der Waals surface area contributed by atoms with Crippen molar-refractivity contribution in [2.75, 3.05) is 24.7 Å². The van der Waals surface area contributed by atoms with Crippen molar-refractivity contribution >= 4 is 23.2 Å². The molecule has 0 aliphatic carbocycles. The van der Waals surface area contributed by atoms with E-state index in [1.54, 1.807) is 45.3 Å². The Morgan fingerprint density at radius 1 is 1.08 bits per heavy atom. The quantitative estimate of drug-likeness (QED) is 0.831. The first-order valence-corrected chi connectivity index (χ1v) is 8.08. The summed E-state index contributed by atoms with van der Waals surface area (Å²) in [4.78, 5) is 25.4. The van der Waals surface area contributed by atoms with Crippen molar-refractivity contribution in [3.05, 3.63) is 59.7 Å². The predicted molar refractivity (Wildman–Crippen MR) is 96.9 cm³/mol. The Bertz CT molecular complexity index is 792. The van der Waals surface area contributed by atoms with Crippen LogP contribution >= 0.6 is 0 Å². The normalized spacial score (nSPS) is 11.6. The Hall–Kier alpha value is -2.96. The average Bonchev–Trinajstić information content (AvgIpc) is 2.59. The molecule has 0 aromatic heterocycles. The van der Waals surface area contributed by atoms with Crippen LogP contribution in [0.15, 0.2) is 42.5 Å². The number of benzene rings is 2. The number of carbonyl (C=O) groups excluding carboxylic acids is 2. The third-order valence-corrected chi connectivity index (χ3v) is 3.77. The maximum absolute atomic E-state index is 13.6. The fourth-order valence-corrected chi connectivity index (χ4v) is 2.20. The molecule has 0 aliphatic heterocycles. The van der Waals surface area contributed by atoms with Crippen molar-refractivity contribution in [1.29, 1.82) is 0 Å². The summed E-state index contributed by atoms with van der Waals surface area (Å²) in [5, 5.41) is 5.33. The van der Waals surface area contributed by atoms with Crippen LogP contribution < -0.4 is 10.6 Å². The molecule has 2 N–H and O–H groups in total. The van der Waals surface area contributed by atoms with E-state index in [4.69, 9.17) is 0 Å². The Kier molecular flexibility index (Phi) is 6.27. The summed E-state index contributed by atoms with van der Waals surface area (Å²) in [7, 11) is 3.39.